The molecule has 1 aliphatic rings. The molecule has 1 aliphatic heterocycles. The molecular weight excluding hydrogens is 531 g/mol. The van der Waals surface area contributed by atoms with Crippen LogP contribution in [0.5, 0.6) is 5.75 Å². The first-order valence-corrected chi connectivity index (χ1v) is 14.0. The van der Waals surface area contributed by atoms with Crippen LogP contribution in [0.3, 0.4) is 0 Å². The first kappa shape index (κ1) is 30.0. The largest absolute Gasteiger partial charge is 0.487 e. The summed E-state index contributed by atoms with van der Waals surface area (Å²) in [7, 11) is 0. The summed E-state index contributed by atoms with van der Waals surface area (Å²) in [6.07, 6.45) is 1.93. The normalized spacial score (nSPS) is 18.9. The average Bonchev–Trinajstić information content (AvgIpc) is 2.92. The van der Waals surface area contributed by atoms with Gasteiger partial charge < -0.3 is 25.2 Å². The molecule has 3 aromatic carbocycles. The second-order valence-corrected chi connectivity index (χ2v) is 11.6. The molecule has 1 unspecified atom stereocenters. The number of hydrogen-bond acceptors (Lipinski definition) is 5. The number of nitrogens with zero attached hydrogens (tertiary/aromatic N) is 1. The smallest absolute Gasteiger partial charge is 0.249 e. The van der Waals surface area contributed by atoms with Gasteiger partial charge in [0.25, 0.3) is 0 Å². The fourth-order valence-electron chi connectivity index (χ4n) is 5.29. The van der Waals surface area contributed by atoms with Crippen molar-refractivity contribution in [2.45, 2.75) is 51.9 Å². The van der Waals surface area contributed by atoms with Gasteiger partial charge in [-0.05, 0) is 53.8 Å². The van der Waals surface area contributed by atoms with Crippen LogP contribution in [0.25, 0.3) is 0 Å². The second-order valence-electron chi connectivity index (χ2n) is 11.2. The van der Waals surface area contributed by atoms with Gasteiger partial charge in [0, 0.05) is 43.6 Å². The highest BCUT2D eigenvalue weighted by molar-refractivity contribution is 6.32. The van der Waals surface area contributed by atoms with Crippen molar-refractivity contribution < 1.29 is 23.8 Å². The number of hydrogen-bond donors (Lipinski definition) is 2. The minimum atomic E-state index is -0.863. The van der Waals surface area contributed by atoms with Crippen molar-refractivity contribution in [2.24, 2.45) is 11.1 Å². The summed E-state index contributed by atoms with van der Waals surface area (Å²) in [4.78, 5) is 14.4. The number of carbonyl (C=O) groups is 1. The Morgan fingerprint density at radius 2 is 1.80 bits per heavy atom. The molecule has 1 atom stereocenters. The zero-order chi connectivity index (χ0) is 28.8. The summed E-state index contributed by atoms with van der Waals surface area (Å²) in [5.41, 5.74) is 7.28. The number of rotatable bonds is 12. The highest BCUT2D eigenvalue weighted by Gasteiger charge is 2.47. The molecule has 1 saturated heterocycles. The molecule has 0 aromatic heterocycles. The number of carbonyl (C=O) groups excluding carboxylic acids is 1. The van der Waals surface area contributed by atoms with Gasteiger partial charge in [0.1, 0.15) is 18.2 Å². The molecule has 0 spiro atoms. The number of piperidine rings is 1. The van der Waals surface area contributed by atoms with Gasteiger partial charge in [-0.3, -0.25) is 4.79 Å². The standard InChI is InChI=1S/C32H38ClFN2O4/c1-31(2)22-36(15-13-32(31,38)19-23-9-11-26(34)12-10-23)14-6-16-39-21-25-17-29(28(33)18-27(25)30(35)37)40-20-24-7-4-3-5-8-24/h3-5,7-12,17-18,38H,6,13-16,19-22H2,1-2H3,(H2,35,37). The molecule has 0 radical (unpaired) electrons. The van der Waals surface area contributed by atoms with Crippen LogP contribution in [-0.2, 0) is 24.4 Å². The van der Waals surface area contributed by atoms with Crippen molar-refractivity contribution in [1.29, 1.82) is 0 Å². The quantitative estimate of drug-likeness (QED) is 0.271. The van der Waals surface area contributed by atoms with Crippen LogP contribution in [0.4, 0.5) is 4.39 Å². The molecule has 40 heavy (non-hydrogen) atoms. The summed E-state index contributed by atoms with van der Waals surface area (Å²) < 4.78 is 25.1. The lowest BCUT2D eigenvalue weighted by Crippen LogP contribution is -2.58. The Morgan fingerprint density at radius 1 is 1.07 bits per heavy atom. The van der Waals surface area contributed by atoms with Crippen LogP contribution in [-0.4, -0.2) is 47.8 Å². The highest BCUT2D eigenvalue weighted by atomic mass is 35.5. The third kappa shape index (κ3) is 7.61. The third-order valence-corrected chi connectivity index (χ3v) is 8.11. The van der Waals surface area contributed by atoms with Crippen LogP contribution in [0.15, 0.2) is 66.7 Å². The Labute approximate surface area is 240 Å². The van der Waals surface area contributed by atoms with Crippen molar-refractivity contribution in [3.05, 3.63) is 99.8 Å². The predicted octanol–water partition coefficient (Wildman–Crippen LogP) is 5.77. The Bertz CT molecular complexity index is 1290. The molecule has 0 saturated carbocycles. The van der Waals surface area contributed by atoms with E-state index in [4.69, 9.17) is 26.8 Å². The van der Waals surface area contributed by atoms with E-state index < -0.39 is 11.5 Å². The number of primary amides is 1. The number of amides is 1. The van der Waals surface area contributed by atoms with Crippen molar-refractivity contribution in [2.75, 3.05) is 26.2 Å². The SMILES string of the molecule is CC1(C)CN(CCCOCc2cc(OCc3ccccc3)c(Cl)cc2C(N)=O)CCC1(O)Cc1ccc(F)cc1. The summed E-state index contributed by atoms with van der Waals surface area (Å²) in [5.74, 6) is -0.373. The van der Waals surface area contributed by atoms with Crippen molar-refractivity contribution in [3.63, 3.8) is 0 Å². The van der Waals surface area contributed by atoms with E-state index in [1.165, 1.54) is 18.2 Å². The summed E-state index contributed by atoms with van der Waals surface area (Å²) >= 11 is 6.36. The molecule has 1 heterocycles. The Kier molecular flexibility index (Phi) is 9.85. The molecule has 3 N–H and O–H groups in total. The number of benzene rings is 3. The van der Waals surface area contributed by atoms with Crippen molar-refractivity contribution >= 4 is 17.5 Å². The maximum atomic E-state index is 13.3. The van der Waals surface area contributed by atoms with Gasteiger partial charge in [-0.1, -0.05) is 67.9 Å². The predicted molar refractivity (Wildman–Crippen MR) is 155 cm³/mol. The topological polar surface area (TPSA) is 85.0 Å². The minimum Gasteiger partial charge on any atom is -0.487 e. The molecule has 4 rings (SSSR count). The van der Waals surface area contributed by atoms with Crippen LogP contribution in [0.1, 0.15) is 53.7 Å². The fourth-order valence-corrected chi connectivity index (χ4v) is 5.51. The third-order valence-electron chi connectivity index (χ3n) is 7.81. The lowest BCUT2D eigenvalue weighted by molar-refractivity contribution is -0.118. The van der Waals surface area contributed by atoms with Gasteiger partial charge in [-0.25, -0.2) is 4.39 Å². The maximum absolute atomic E-state index is 13.3. The lowest BCUT2D eigenvalue weighted by Gasteiger charge is -2.50. The van der Waals surface area contributed by atoms with Gasteiger partial charge in [-0.15, -0.1) is 0 Å². The maximum Gasteiger partial charge on any atom is 0.249 e. The van der Waals surface area contributed by atoms with E-state index in [9.17, 15) is 14.3 Å². The van der Waals surface area contributed by atoms with E-state index >= 15 is 0 Å². The monoisotopic (exact) mass is 568 g/mol. The number of halogens is 2. The first-order chi connectivity index (χ1) is 19.1. The van der Waals surface area contributed by atoms with E-state index in [1.54, 1.807) is 18.2 Å². The lowest BCUT2D eigenvalue weighted by atomic mass is 9.67. The number of ether oxygens (including phenoxy) is 2. The highest BCUT2D eigenvalue weighted by Crippen LogP contribution is 2.41. The van der Waals surface area contributed by atoms with Crippen LogP contribution in [0, 0.1) is 11.2 Å². The molecular formula is C32H38ClFN2O4. The van der Waals surface area contributed by atoms with E-state index in [-0.39, 0.29) is 17.8 Å². The average molecular weight is 569 g/mol. The van der Waals surface area contributed by atoms with Crippen LogP contribution >= 0.6 is 11.6 Å². The van der Waals surface area contributed by atoms with Gasteiger partial charge in [0.2, 0.25) is 5.91 Å². The summed E-state index contributed by atoms with van der Waals surface area (Å²) in [6, 6.07) is 19.4. The van der Waals surface area contributed by atoms with E-state index in [0.717, 1.165) is 37.2 Å². The molecule has 8 heteroatoms. The van der Waals surface area contributed by atoms with Gasteiger partial charge >= 0.3 is 0 Å². The molecule has 0 aliphatic carbocycles. The van der Waals surface area contributed by atoms with Gasteiger partial charge in [0.15, 0.2) is 0 Å². The number of likely N-dealkylation sites (tertiary alicyclic amines) is 1. The van der Waals surface area contributed by atoms with Crippen molar-refractivity contribution in [3.8, 4) is 5.75 Å². The van der Waals surface area contributed by atoms with Gasteiger partial charge in [0.05, 0.1) is 17.2 Å². The van der Waals surface area contributed by atoms with E-state index in [0.29, 0.717) is 48.0 Å². The number of nitrogens with two attached hydrogens (primary N) is 1. The van der Waals surface area contributed by atoms with Crippen LogP contribution < -0.4 is 10.5 Å². The molecule has 1 fully saturated rings. The van der Waals surface area contributed by atoms with Crippen molar-refractivity contribution in [1.82, 2.24) is 4.90 Å². The van der Waals surface area contributed by atoms with E-state index in [2.05, 4.69) is 18.7 Å². The Hall–Kier alpha value is -2.97. The molecule has 6 nitrogen and oxygen atoms in total. The van der Waals surface area contributed by atoms with Gasteiger partial charge in [-0.2, -0.15) is 0 Å². The fraction of sp³-hybridized carbons (Fsp3) is 0.406. The number of aliphatic hydroxyl groups is 1. The zero-order valence-corrected chi connectivity index (χ0v) is 23.9. The molecule has 214 valence electrons. The zero-order valence-electron chi connectivity index (χ0n) is 23.2. The minimum absolute atomic E-state index is 0.208. The second kappa shape index (κ2) is 13.1. The summed E-state index contributed by atoms with van der Waals surface area (Å²) in [5, 5.41) is 11.8. The Balaban J connectivity index is 1.27. The molecule has 3 aromatic rings. The molecule has 0 bridgehead atoms. The summed E-state index contributed by atoms with van der Waals surface area (Å²) in [6.45, 7) is 7.57. The first-order valence-electron chi connectivity index (χ1n) is 13.6. The van der Waals surface area contributed by atoms with Crippen LogP contribution in [0.2, 0.25) is 5.02 Å². The van der Waals surface area contributed by atoms with E-state index in [1.807, 2.05) is 30.3 Å². The molecule has 1 amide bonds. The Morgan fingerprint density at radius 3 is 2.48 bits per heavy atom.